The number of hydrogen-bond acceptors (Lipinski definition) is 4. The van der Waals surface area contributed by atoms with Gasteiger partial charge in [-0.1, -0.05) is 36.4 Å². The van der Waals surface area contributed by atoms with Gasteiger partial charge in [0.1, 0.15) is 5.75 Å². The van der Waals surface area contributed by atoms with Crippen molar-refractivity contribution < 1.29 is 19.1 Å². The highest BCUT2D eigenvalue weighted by Gasteiger charge is 2.19. The molecular weight excluding hydrogens is 320 g/mol. The van der Waals surface area contributed by atoms with E-state index < -0.39 is 12.1 Å². The largest absolute Gasteiger partial charge is 0.497 e. The van der Waals surface area contributed by atoms with Gasteiger partial charge in [0.2, 0.25) is 0 Å². The summed E-state index contributed by atoms with van der Waals surface area (Å²) in [6.45, 7) is 2.05. The zero-order valence-corrected chi connectivity index (χ0v) is 14.3. The van der Waals surface area contributed by atoms with Crippen molar-refractivity contribution in [3.8, 4) is 5.75 Å². The number of carbonyl (C=O) groups is 2. The highest BCUT2D eigenvalue weighted by molar-refractivity contribution is 5.90. The molecule has 2 rings (SSSR count). The molecule has 6 heteroatoms. The molecule has 0 aliphatic rings. The maximum Gasteiger partial charge on any atom is 0.319 e. The number of amides is 2. The molecule has 0 heterocycles. The summed E-state index contributed by atoms with van der Waals surface area (Å²) < 4.78 is 10.1. The number of rotatable bonds is 7. The Morgan fingerprint density at radius 2 is 1.84 bits per heavy atom. The predicted octanol–water partition coefficient (Wildman–Crippen LogP) is 3.51. The molecule has 0 saturated carbocycles. The summed E-state index contributed by atoms with van der Waals surface area (Å²) in [6.07, 6.45) is 0.0589. The first-order valence-corrected chi connectivity index (χ1v) is 8.04. The van der Waals surface area contributed by atoms with Gasteiger partial charge in [-0.15, -0.1) is 0 Å². The van der Waals surface area contributed by atoms with Crippen LogP contribution in [0, 0.1) is 0 Å². The van der Waals surface area contributed by atoms with Crippen LogP contribution in [0.2, 0.25) is 0 Å². The van der Waals surface area contributed by atoms with E-state index in [0.29, 0.717) is 18.0 Å². The lowest BCUT2D eigenvalue weighted by Gasteiger charge is -2.19. The number of esters is 1. The minimum Gasteiger partial charge on any atom is -0.497 e. The molecule has 2 aromatic carbocycles. The third kappa shape index (κ3) is 5.84. The number of benzene rings is 2. The van der Waals surface area contributed by atoms with E-state index in [9.17, 15) is 9.59 Å². The lowest BCUT2D eigenvalue weighted by molar-refractivity contribution is -0.143. The van der Waals surface area contributed by atoms with Crippen LogP contribution in [0.15, 0.2) is 54.6 Å². The fourth-order valence-corrected chi connectivity index (χ4v) is 2.35. The fourth-order valence-electron chi connectivity index (χ4n) is 2.35. The van der Waals surface area contributed by atoms with Gasteiger partial charge in [0.25, 0.3) is 0 Å². The Bertz CT molecular complexity index is 704. The Morgan fingerprint density at radius 1 is 1.08 bits per heavy atom. The second-order valence-electron chi connectivity index (χ2n) is 5.30. The van der Waals surface area contributed by atoms with Crippen molar-refractivity contribution in [1.29, 1.82) is 0 Å². The maximum absolute atomic E-state index is 12.3. The van der Waals surface area contributed by atoms with Gasteiger partial charge in [0, 0.05) is 11.8 Å². The van der Waals surface area contributed by atoms with Crippen LogP contribution in [0.5, 0.6) is 5.75 Å². The molecule has 2 aromatic rings. The second-order valence-corrected chi connectivity index (χ2v) is 5.30. The van der Waals surface area contributed by atoms with Gasteiger partial charge in [-0.2, -0.15) is 0 Å². The third-order valence-electron chi connectivity index (χ3n) is 3.51. The molecule has 0 radical (unpaired) electrons. The van der Waals surface area contributed by atoms with E-state index in [1.54, 1.807) is 38.3 Å². The molecule has 0 aromatic heterocycles. The number of urea groups is 1. The van der Waals surface area contributed by atoms with Crippen LogP contribution in [0.4, 0.5) is 10.5 Å². The monoisotopic (exact) mass is 342 g/mol. The molecule has 0 aliphatic heterocycles. The van der Waals surface area contributed by atoms with Gasteiger partial charge in [0.15, 0.2) is 0 Å². The summed E-state index contributed by atoms with van der Waals surface area (Å²) in [5.74, 6) is 0.280. The molecule has 1 atom stereocenters. The van der Waals surface area contributed by atoms with Crippen LogP contribution in [0.3, 0.4) is 0 Å². The number of nitrogens with one attached hydrogen (secondary N) is 2. The zero-order chi connectivity index (χ0) is 18.1. The highest BCUT2D eigenvalue weighted by atomic mass is 16.5. The van der Waals surface area contributed by atoms with Crippen LogP contribution >= 0.6 is 0 Å². The topological polar surface area (TPSA) is 76.7 Å². The molecule has 0 saturated heterocycles. The molecule has 2 amide bonds. The first-order chi connectivity index (χ1) is 12.1. The second kappa shape index (κ2) is 9.32. The Balaban J connectivity index is 2.06. The van der Waals surface area contributed by atoms with Crippen LogP contribution in [0.1, 0.15) is 24.9 Å². The summed E-state index contributed by atoms with van der Waals surface area (Å²) >= 11 is 0. The summed E-state index contributed by atoms with van der Waals surface area (Å²) in [4.78, 5) is 24.2. The number of methoxy groups -OCH3 is 1. The number of hydrogen-bond donors (Lipinski definition) is 2. The Kier molecular flexibility index (Phi) is 6.83. The van der Waals surface area contributed by atoms with Crippen molar-refractivity contribution in [2.75, 3.05) is 19.0 Å². The number of anilines is 1. The van der Waals surface area contributed by atoms with E-state index in [1.807, 2.05) is 30.3 Å². The third-order valence-corrected chi connectivity index (χ3v) is 3.51. The summed E-state index contributed by atoms with van der Waals surface area (Å²) in [5.41, 5.74) is 1.43. The molecule has 6 nitrogen and oxygen atoms in total. The number of carbonyl (C=O) groups excluding carboxylic acids is 2. The van der Waals surface area contributed by atoms with Gasteiger partial charge in [0.05, 0.1) is 26.2 Å². The molecular formula is C19H22N2O4. The molecule has 0 bridgehead atoms. The van der Waals surface area contributed by atoms with Gasteiger partial charge in [-0.3, -0.25) is 4.79 Å². The van der Waals surface area contributed by atoms with E-state index in [2.05, 4.69) is 10.6 Å². The van der Waals surface area contributed by atoms with Gasteiger partial charge in [-0.05, 0) is 24.6 Å². The molecule has 2 N–H and O–H groups in total. The SMILES string of the molecule is CCOC(=O)CC(NC(=O)Nc1cccc(OC)c1)c1ccccc1. The lowest BCUT2D eigenvalue weighted by atomic mass is 10.0. The number of ether oxygens (including phenoxy) is 2. The van der Waals surface area contributed by atoms with Crippen LogP contribution in [-0.2, 0) is 9.53 Å². The smallest absolute Gasteiger partial charge is 0.319 e. The van der Waals surface area contributed by atoms with Gasteiger partial charge in [-0.25, -0.2) is 4.79 Å². The van der Waals surface area contributed by atoms with E-state index in [-0.39, 0.29) is 12.4 Å². The standard InChI is InChI=1S/C19H22N2O4/c1-3-25-18(22)13-17(14-8-5-4-6-9-14)21-19(23)20-15-10-7-11-16(12-15)24-2/h4-12,17H,3,13H2,1-2H3,(H2,20,21,23). The average molecular weight is 342 g/mol. The normalized spacial score (nSPS) is 11.3. The summed E-state index contributed by atoms with van der Waals surface area (Å²) in [7, 11) is 1.56. The van der Waals surface area contributed by atoms with Crippen molar-refractivity contribution >= 4 is 17.7 Å². The van der Waals surface area contributed by atoms with Crippen LogP contribution in [0.25, 0.3) is 0 Å². The Morgan fingerprint density at radius 3 is 2.52 bits per heavy atom. The first-order valence-electron chi connectivity index (χ1n) is 8.04. The van der Waals surface area contributed by atoms with Crippen molar-refractivity contribution in [2.24, 2.45) is 0 Å². The minimum absolute atomic E-state index is 0.0589. The van der Waals surface area contributed by atoms with E-state index in [1.165, 1.54) is 0 Å². The molecule has 0 spiro atoms. The summed E-state index contributed by atoms with van der Waals surface area (Å²) in [5, 5.41) is 5.56. The predicted molar refractivity (Wildman–Crippen MR) is 95.6 cm³/mol. The van der Waals surface area contributed by atoms with Crippen molar-refractivity contribution in [3.05, 3.63) is 60.2 Å². The molecule has 132 valence electrons. The van der Waals surface area contributed by atoms with Crippen LogP contribution < -0.4 is 15.4 Å². The molecule has 0 fully saturated rings. The van der Waals surface area contributed by atoms with E-state index >= 15 is 0 Å². The molecule has 25 heavy (non-hydrogen) atoms. The quantitative estimate of drug-likeness (QED) is 0.755. The summed E-state index contributed by atoms with van der Waals surface area (Å²) in [6, 6.07) is 15.4. The lowest BCUT2D eigenvalue weighted by Crippen LogP contribution is -2.34. The molecule has 1 unspecified atom stereocenters. The fraction of sp³-hybridized carbons (Fsp3) is 0.263. The van der Waals surface area contributed by atoms with Crippen LogP contribution in [-0.4, -0.2) is 25.7 Å². The zero-order valence-electron chi connectivity index (χ0n) is 14.3. The van der Waals surface area contributed by atoms with E-state index in [4.69, 9.17) is 9.47 Å². The van der Waals surface area contributed by atoms with Crippen molar-refractivity contribution in [2.45, 2.75) is 19.4 Å². The highest BCUT2D eigenvalue weighted by Crippen LogP contribution is 2.19. The minimum atomic E-state index is -0.481. The Hall–Kier alpha value is -3.02. The maximum atomic E-state index is 12.3. The Labute approximate surface area is 147 Å². The van der Waals surface area contributed by atoms with E-state index in [0.717, 1.165) is 5.56 Å². The first kappa shape index (κ1) is 18.3. The van der Waals surface area contributed by atoms with Gasteiger partial charge < -0.3 is 20.1 Å². The van der Waals surface area contributed by atoms with Gasteiger partial charge >= 0.3 is 12.0 Å². The average Bonchev–Trinajstić information content (AvgIpc) is 2.62. The molecule has 0 aliphatic carbocycles. The van der Waals surface area contributed by atoms with Crippen molar-refractivity contribution in [3.63, 3.8) is 0 Å². The van der Waals surface area contributed by atoms with Crippen molar-refractivity contribution in [1.82, 2.24) is 5.32 Å².